The Morgan fingerprint density at radius 1 is 1.21 bits per heavy atom. The van der Waals surface area contributed by atoms with E-state index in [2.05, 4.69) is 0 Å². The van der Waals surface area contributed by atoms with Crippen LogP contribution in [-0.4, -0.2) is 18.1 Å². The van der Waals surface area contributed by atoms with Gasteiger partial charge in [-0.25, -0.2) is 4.39 Å². The number of anilines is 1. The number of benzene rings is 2. The number of rotatable bonds is 2. The highest BCUT2D eigenvalue weighted by Crippen LogP contribution is 2.24. The summed E-state index contributed by atoms with van der Waals surface area (Å²) in [4.78, 5) is 13.4. The van der Waals surface area contributed by atoms with E-state index >= 15 is 0 Å². The number of carbonyl (C=O) groups excluding carboxylic acids is 1. The van der Waals surface area contributed by atoms with Crippen LogP contribution in [0.2, 0.25) is 0 Å². The van der Waals surface area contributed by atoms with Gasteiger partial charge in [0.05, 0.1) is 11.3 Å². The second-order valence-electron chi connectivity index (χ2n) is 4.34. The molecule has 0 bridgehead atoms. The number of hydrogen-bond acceptors (Lipinski definition) is 2. The molecule has 0 heterocycles. The van der Waals surface area contributed by atoms with Crippen LogP contribution in [0.5, 0.6) is 5.75 Å². The van der Waals surface area contributed by atoms with Crippen molar-refractivity contribution < 1.29 is 14.3 Å². The summed E-state index contributed by atoms with van der Waals surface area (Å²) in [6.45, 7) is 1.81. The third kappa shape index (κ3) is 2.57. The molecule has 0 aliphatic carbocycles. The lowest BCUT2D eigenvalue weighted by atomic mass is 10.1. The van der Waals surface area contributed by atoms with Crippen molar-refractivity contribution in [2.75, 3.05) is 11.9 Å². The smallest absolute Gasteiger partial charge is 0.261 e. The first-order valence-electron chi connectivity index (χ1n) is 5.83. The molecule has 3 nitrogen and oxygen atoms in total. The first-order chi connectivity index (χ1) is 9.00. The van der Waals surface area contributed by atoms with Crippen LogP contribution in [-0.2, 0) is 0 Å². The van der Waals surface area contributed by atoms with Gasteiger partial charge in [-0.3, -0.25) is 4.79 Å². The Balaban J connectivity index is 2.37. The maximum atomic E-state index is 13.6. The molecule has 98 valence electrons. The Labute approximate surface area is 110 Å². The van der Waals surface area contributed by atoms with Gasteiger partial charge in [0.1, 0.15) is 11.6 Å². The highest BCUT2D eigenvalue weighted by molar-refractivity contribution is 6.07. The average molecular weight is 259 g/mol. The fourth-order valence-corrected chi connectivity index (χ4v) is 1.84. The molecule has 0 unspecified atom stereocenters. The largest absolute Gasteiger partial charge is 0.507 e. The monoisotopic (exact) mass is 259 g/mol. The SMILES string of the molecule is Cc1ccc(C(=O)N(C)c2ccccc2F)c(O)c1. The molecule has 0 spiro atoms. The molecule has 1 N–H and O–H groups in total. The van der Waals surface area contributed by atoms with E-state index in [9.17, 15) is 14.3 Å². The highest BCUT2D eigenvalue weighted by Gasteiger charge is 2.19. The van der Waals surface area contributed by atoms with Crippen LogP contribution in [0.3, 0.4) is 0 Å². The molecule has 0 aromatic heterocycles. The van der Waals surface area contributed by atoms with E-state index in [0.29, 0.717) is 0 Å². The Hall–Kier alpha value is -2.36. The minimum absolute atomic E-state index is 0.104. The van der Waals surface area contributed by atoms with Gasteiger partial charge < -0.3 is 10.0 Å². The zero-order valence-electron chi connectivity index (χ0n) is 10.7. The summed E-state index contributed by atoms with van der Waals surface area (Å²) in [6, 6.07) is 10.8. The van der Waals surface area contributed by atoms with E-state index in [4.69, 9.17) is 0 Å². The number of phenolic OH excluding ortho intramolecular Hbond substituents is 1. The summed E-state index contributed by atoms with van der Waals surface area (Å²) in [6.07, 6.45) is 0. The third-order valence-corrected chi connectivity index (χ3v) is 2.90. The van der Waals surface area contributed by atoms with E-state index in [1.165, 1.54) is 36.2 Å². The number of amides is 1. The van der Waals surface area contributed by atoms with Crippen molar-refractivity contribution in [2.45, 2.75) is 6.92 Å². The van der Waals surface area contributed by atoms with E-state index < -0.39 is 11.7 Å². The van der Waals surface area contributed by atoms with Gasteiger partial charge >= 0.3 is 0 Å². The molecule has 0 saturated heterocycles. The van der Waals surface area contributed by atoms with Crippen LogP contribution in [0.15, 0.2) is 42.5 Å². The number of hydrogen-bond donors (Lipinski definition) is 1. The maximum Gasteiger partial charge on any atom is 0.261 e. The fraction of sp³-hybridized carbons (Fsp3) is 0.133. The van der Waals surface area contributed by atoms with Crippen LogP contribution in [0, 0.1) is 12.7 Å². The van der Waals surface area contributed by atoms with Gasteiger partial charge in [-0.1, -0.05) is 18.2 Å². The average Bonchev–Trinajstić information content (AvgIpc) is 2.38. The van der Waals surface area contributed by atoms with E-state index in [1.54, 1.807) is 18.2 Å². The van der Waals surface area contributed by atoms with Crippen LogP contribution in [0.25, 0.3) is 0 Å². The first kappa shape index (κ1) is 13.1. The summed E-state index contributed by atoms with van der Waals surface area (Å²) < 4.78 is 13.6. The summed E-state index contributed by atoms with van der Waals surface area (Å²) >= 11 is 0. The summed E-state index contributed by atoms with van der Waals surface area (Å²) in [5, 5.41) is 9.79. The zero-order valence-corrected chi connectivity index (χ0v) is 10.7. The van der Waals surface area contributed by atoms with Gasteiger partial charge in [0.25, 0.3) is 5.91 Å². The van der Waals surface area contributed by atoms with Crippen molar-refractivity contribution in [1.82, 2.24) is 0 Å². The molecule has 1 amide bonds. The predicted molar refractivity (Wildman–Crippen MR) is 72.0 cm³/mol. The molecule has 0 fully saturated rings. The van der Waals surface area contributed by atoms with Gasteiger partial charge in [-0.2, -0.15) is 0 Å². The van der Waals surface area contributed by atoms with E-state index in [-0.39, 0.29) is 17.0 Å². The van der Waals surface area contributed by atoms with Crippen molar-refractivity contribution in [2.24, 2.45) is 0 Å². The third-order valence-electron chi connectivity index (χ3n) is 2.90. The molecule has 2 aromatic rings. The van der Waals surface area contributed by atoms with Crippen molar-refractivity contribution in [3.63, 3.8) is 0 Å². The molecule has 2 rings (SSSR count). The van der Waals surface area contributed by atoms with Gasteiger partial charge in [-0.15, -0.1) is 0 Å². The lowest BCUT2D eigenvalue weighted by Crippen LogP contribution is -2.27. The standard InChI is InChI=1S/C15H14FNO2/c1-10-7-8-11(14(18)9-10)15(19)17(2)13-6-4-3-5-12(13)16/h3-9,18H,1-2H3. The number of nitrogens with zero attached hydrogens (tertiary/aromatic N) is 1. The zero-order chi connectivity index (χ0) is 14.0. The van der Waals surface area contributed by atoms with Crippen LogP contribution >= 0.6 is 0 Å². The van der Waals surface area contributed by atoms with Crippen LogP contribution < -0.4 is 4.90 Å². The molecule has 0 atom stereocenters. The number of para-hydroxylation sites is 1. The lowest BCUT2D eigenvalue weighted by Gasteiger charge is -2.18. The fourth-order valence-electron chi connectivity index (χ4n) is 1.84. The van der Waals surface area contributed by atoms with Crippen molar-refractivity contribution in [3.8, 4) is 5.75 Å². The van der Waals surface area contributed by atoms with Crippen LogP contribution in [0.4, 0.5) is 10.1 Å². The summed E-state index contributed by atoms with van der Waals surface area (Å²) in [5.74, 6) is -1.04. The Bertz CT molecular complexity index is 625. The maximum absolute atomic E-state index is 13.6. The van der Waals surface area contributed by atoms with Gasteiger partial charge in [0.2, 0.25) is 0 Å². The quantitative estimate of drug-likeness (QED) is 0.900. The first-order valence-corrected chi connectivity index (χ1v) is 5.83. The highest BCUT2D eigenvalue weighted by atomic mass is 19.1. The van der Waals surface area contributed by atoms with E-state index in [0.717, 1.165) is 5.56 Å². The summed E-state index contributed by atoms with van der Waals surface area (Å²) in [5.41, 5.74) is 1.17. The topological polar surface area (TPSA) is 40.5 Å². The lowest BCUT2D eigenvalue weighted by molar-refractivity contribution is 0.0989. The van der Waals surface area contributed by atoms with Gasteiger partial charge in [0, 0.05) is 7.05 Å². The molecule has 0 radical (unpaired) electrons. The number of carbonyl (C=O) groups is 1. The normalized spacial score (nSPS) is 10.3. The second-order valence-corrected chi connectivity index (χ2v) is 4.34. The molecule has 0 aliphatic heterocycles. The van der Waals surface area contributed by atoms with Gasteiger partial charge in [-0.05, 0) is 36.8 Å². The minimum Gasteiger partial charge on any atom is -0.507 e. The van der Waals surface area contributed by atoms with Crippen molar-refractivity contribution in [1.29, 1.82) is 0 Å². The Morgan fingerprint density at radius 3 is 2.53 bits per heavy atom. The summed E-state index contributed by atoms with van der Waals surface area (Å²) in [7, 11) is 1.47. The van der Waals surface area contributed by atoms with Gasteiger partial charge in [0.15, 0.2) is 0 Å². The van der Waals surface area contributed by atoms with E-state index in [1.807, 2.05) is 6.92 Å². The molecule has 0 saturated carbocycles. The Kier molecular flexibility index (Phi) is 3.51. The molecule has 4 heteroatoms. The molecule has 19 heavy (non-hydrogen) atoms. The second kappa shape index (κ2) is 5.10. The predicted octanol–water partition coefficient (Wildman–Crippen LogP) is 3.12. The number of aromatic hydroxyl groups is 1. The van der Waals surface area contributed by atoms with Crippen molar-refractivity contribution in [3.05, 3.63) is 59.4 Å². The van der Waals surface area contributed by atoms with Crippen molar-refractivity contribution >= 4 is 11.6 Å². The molecular weight excluding hydrogens is 245 g/mol. The Morgan fingerprint density at radius 2 is 1.89 bits per heavy atom. The molecular formula is C15H14FNO2. The van der Waals surface area contributed by atoms with Crippen LogP contribution in [0.1, 0.15) is 15.9 Å². The molecule has 2 aromatic carbocycles. The number of aryl methyl sites for hydroxylation is 1. The minimum atomic E-state index is -0.482. The molecule has 0 aliphatic rings. The number of halogens is 1. The number of phenols is 1.